The molecule has 1 aliphatic heterocycles. The third-order valence-corrected chi connectivity index (χ3v) is 8.31. The highest BCUT2D eigenvalue weighted by molar-refractivity contribution is 8.09. The summed E-state index contributed by atoms with van der Waals surface area (Å²) in [5.74, 6) is 0. The van der Waals surface area contributed by atoms with Gasteiger partial charge in [0.2, 0.25) is 0 Å². The van der Waals surface area contributed by atoms with Crippen LogP contribution in [0.25, 0.3) is 0 Å². The van der Waals surface area contributed by atoms with E-state index in [4.69, 9.17) is 11.2 Å². The molecule has 0 amide bonds. The highest BCUT2D eigenvalue weighted by atomic mass is 35.7. The van der Waals surface area contributed by atoms with E-state index in [0.717, 1.165) is 0 Å². The Morgan fingerprint density at radius 3 is 1.58 bits per heavy atom. The maximum absolute atomic E-state index is 6.31. The van der Waals surface area contributed by atoms with Crippen molar-refractivity contribution in [2.75, 3.05) is 12.5 Å². The van der Waals surface area contributed by atoms with Gasteiger partial charge >= 0.3 is 0 Å². The first kappa shape index (κ1) is 11.4. The van der Waals surface area contributed by atoms with E-state index in [1.54, 1.807) is 23.9 Å². The highest BCUT2D eigenvalue weighted by Crippen LogP contribution is 2.62. The largest absolute Gasteiger partial charge is 0.197 e. The zero-order chi connectivity index (χ0) is 9.30. The van der Waals surface area contributed by atoms with Gasteiger partial charge in [0.25, 0.3) is 0 Å². The van der Waals surface area contributed by atoms with E-state index < -0.39 is 7.58 Å². The molecule has 0 aromatic rings. The molecule has 0 radical (unpaired) electrons. The third kappa shape index (κ3) is 1.89. The van der Waals surface area contributed by atoms with E-state index in [9.17, 15) is 0 Å². The van der Waals surface area contributed by atoms with Gasteiger partial charge in [0.1, 0.15) is 0 Å². The quantitative estimate of drug-likeness (QED) is 0.542. The molecule has 12 heavy (non-hydrogen) atoms. The van der Waals surface area contributed by atoms with Crippen LogP contribution in [0.3, 0.4) is 0 Å². The lowest BCUT2D eigenvalue weighted by Crippen LogP contribution is -2.27. The van der Waals surface area contributed by atoms with Crippen molar-refractivity contribution in [3.05, 3.63) is 0 Å². The minimum Gasteiger partial charge on any atom is -0.197 e. The summed E-state index contributed by atoms with van der Waals surface area (Å²) in [7, 11) is -0.606. The predicted molar refractivity (Wildman–Crippen MR) is 62.4 cm³/mol. The van der Waals surface area contributed by atoms with Crippen LogP contribution in [0.15, 0.2) is 0 Å². The molecule has 1 heterocycles. The van der Waals surface area contributed by atoms with Gasteiger partial charge in [-0.1, -0.05) is 35.1 Å². The molecule has 0 N–H and O–H groups in total. The lowest BCUT2D eigenvalue weighted by Gasteiger charge is -2.20. The van der Waals surface area contributed by atoms with Crippen molar-refractivity contribution in [2.24, 2.45) is 0 Å². The molecule has 0 unspecified atom stereocenters. The van der Waals surface area contributed by atoms with Crippen molar-refractivity contribution < 1.29 is 0 Å². The topological polar surface area (TPSA) is 6.48 Å². The normalized spacial score (nSPS) is 34.8. The number of halogens is 1. The van der Waals surface area contributed by atoms with E-state index >= 15 is 0 Å². The molecule has 0 aliphatic carbocycles. The molecule has 1 saturated heterocycles. The van der Waals surface area contributed by atoms with Crippen LogP contribution >= 0.6 is 42.7 Å². The predicted octanol–water partition coefficient (Wildman–Crippen LogP) is 3.40. The van der Waals surface area contributed by atoms with Gasteiger partial charge in [0.05, 0.1) is 0 Å². The summed E-state index contributed by atoms with van der Waals surface area (Å²) >= 11 is 9.80. The van der Waals surface area contributed by atoms with Crippen LogP contribution in [-0.2, 0) is 0 Å². The molecule has 0 spiro atoms. The molecule has 0 bridgehead atoms. The van der Waals surface area contributed by atoms with Crippen LogP contribution in [0.4, 0.5) is 0 Å². The maximum Gasteiger partial charge on any atom is 0.161 e. The molecule has 0 saturated carbocycles. The summed E-state index contributed by atoms with van der Waals surface area (Å²) in [4.78, 5) is 0. The fourth-order valence-corrected chi connectivity index (χ4v) is 7.03. The second kappa shape index (κ2) is 4.72. The average Bonchev–Trinajstić information content (AvgIpc) is 2.25. The van der Waals surface area contributed by atoms with Crippen molar-refractivity contribution in [1.82, 2.24) is 8.15 Å². The average molecular weight is 245 g/mol. The Bertz CT molecular complexity index is 146. The Balaban J connectivity index is 2.71. The summed E-state index contributed by atoms with van der Waals surface area (Å²) in [5, 5.41) is 0. The first-order chi connectivity index (χ1) is 5.63. The van der Waals surface area contributed by atoms with Gasteiger partial charge < -0.3 is 0 Å². The number of hydrogen-bond acceptors (Lipinski definition) is 4. The maximum atomic E-state index is 6.31. The monoisotopic (exact) mass is 244 g/mol. The minimum atomic E-state index is -0.606. The fourth-order valence-electron chi connectivity index (χ4n) is 1.22. The Labute approximate surface area is 89.3 Å². The van der Waals surface area contributed by atoms with E-state index in [0.29, 0.717) is 12.1 Å². The molecular formula is C6H14ClN2PS2. The van der Waals surface area contributed by atoms with E-state index in [2.05, 4.69) is 34.5 Å². The SMILES string of the molecule is CSN1[C@H](C)[C@@H](C)N(SC)P1Cl. The van der Waals surface area contributed by atoms with Gasteiger partial charge in [0.15, 0.2) is 7.58 Å². The first-order valence-electron chi connectivity index (χ1n) is 3.76. The van der Waals surface area contributed by atoms with Gasteiger partial charge in [-0.15, -0.1) is 0 Å². The van der Waals surface area contributed by atoms with Crippen LogP contribution in [0.2, 0.25) is 0 Å². The minimum absolute atomic E-state index is 0.552. The number of hydrogen-bond donors (Lipinski definition) is 0. The smallest absolute Gasteiger partial charge is 0.161 e. The molecular weight excluding hydrogens is 231 g/mol. The molecule has 1 rings (SSSR count). The van der Waals surface area contributed by atoms with Gasteiger partial charge in [0, 0.05) is 12.1 Å². The van der Waals surface area contributed by atoms with E-state index in [1.165, 1.54) is 0 Å². The lowest BCUT2D eigenvalue weighted by molar-refractivity contribution is 0.444. The van der Waals surface area contributed by atoms with Crippen LogP contribution in [0, 0.1) is 0 Å². The van der Waals surface area contributed by atoms with Gasteiger partial charge in [-0.3, -0.25) is 0 Å². The van der Waals surface area contributed by atoms with Crippen LogP contribution in [-0.4, -0.2) is 32.7 Å². The Hall–Kier alpha value is 1.34. The second-order valence-electron chi connectivity index (χ2n) is 2.69. The number of rotatable bonds is 2. The summed E-state index contributed by atoms with van der Waals surface area (Å²) in [5.41, 5.74) is 0. The van der Waals surface area contributed by atoms with Crippen molar-refractivity contribution >= 4 is 42.7 Å². The van der Waals surface area contributed by atoms with Crippen molar-refractivity contribution in [2.45, 2.75) is 25.9 Å². The number of nitrogens with zero attached hydrogens (tertiary/aromatic N) is 2. The molecule has 0 aromatic carbocycles. The van der Waals surface area contributed by atoms with Crippen LogP contribution < -0.4 is 0 Å². The first-order valence-corrected chi connectivity index (χ1v) is 8.27. The molecule has 2 atom stereocenters. The molecule has 72 valence electrons. The molecule has 0 aromatic heterocycles. The Kier molecular flexibility index (Phi) is 4.49. The molecule has 2 nitrogen and oxygen atoms in total. The summed E-state index contributed by atoms with van der Waals surface area (Å²) in [6.07, 6.45) is 4.18. The van der Waals surface area contributed by atoms with Crippen LogP contribution in [0.1, 0.15) is 13.8 Å². The Morgan fingerprint density at radius 1 is 1.08 bits per heavy atom. The Morgan fingerprint density at radius 2 is 1.42 bits per heavy atom. The second-order valence-corrected chi connectivity index (χ2v) is 7.00. The zero-order valence-electron chi connectivity index (χ0n) is 7.69. The summed E-state index contributed by atoms with van der Waals surface area (Å²) < 4.78 is 4.58. The summed E-state index contributed by atoms with van der Waals surface area (Å²) in [6, 6.07) is 1.10. The zero-order valence-corrected chi connectivity index (χ0v) is 11.0. The lowest BCUT2D eigenvalue weighted by atomic mass is 10.2. The van der Waals surface area contributed by atoms with Gasteiger partial charge in [-0.2, -0.15) is 8.15 Å². The van der Waals surface area contributed by atoms with Crippen molar-refractivity contribution in [1.29, 1.82) is 0 Å². The highest BCUT2D eigenvalue weighted by Gasteiger charge is 2.42. The van der Waals surface area contributed by atoms with E-state index in [1.807, 2.05) is 0 Å². The van der Waals surface area contributed by atoms with Crippen molar-refractivity contribution in [3.8, 4) is 0 Å². The van der Waals surface area contributed by atoms with E-state index in [-0.39, 0.29) is 0 Å². The summed E-state index contributed by atoms with van der Waals surface area (Å²) in [6.45, 7) is 4.46. The fraction of sp³-hybridized carbons (Fsp3) is 1.00. The van der Waals surface area contributed by atoms with Crippen LogP contribution in [0.5, 0.6) is 0 Å². The van der Waals surface area contributed by atoms with Gasteiger partial charge in [-0.25, -0.2) is 0 Å². The van der Waals surface area contributed by atoms with Gasteiger partial charge in [-0.05, 0) is 26.4 Å². The third-order valence-electron chi connectivity index (χ3n) is 2.09. The molecule has 1 fully saturated rings. The standard InChI is InChI=1S/C6H14ClN2PS2/c1-5-6(2)9(12-4)10(7)8(5)11-3/h5-6H,1-4H3/t5-,6-/m1/s1. The molecule has 1 aliphatic rings. The molecule has 6 heteroatoms. The van der Waals surface area contributed by atoms with Crippen molar-refractivity contribution in [3.63, 3.8) is 0 Å².